The summed E-state index contributed by atoms with van der Waals surface area (Å²) in [7, 11) is -2.99. The Labute approximate surface area is 149 Å². The number of rotatable bonds is 5. The smallest absolute Gasteiger partial charge is 0.189 e. The molecule has 0 saturated heterocycles. The first kappa shape index (κ1) is 19.2. The molecule has 1 aromatic rings. The van der Waals surface area contributed by atoms with E-state index < -0.39 is 9.84 Å². The van der Waals surface area contributed by atoms with E-state index in [1.165, 1.54) is 19.1 Å². The van der Waals surface area contributed by atoms with E-state index in [1.807, 2.05) is 24.3 Å². The Kier molecular flexibility index (Phi) is 7.61. The summed E-state index contributed by atoms with van der Waals surface area (Å²) in [4.78, 5) is 4.33. The van der Waals surface area contributed by atoms with Crippen LogP contribution in [0, 0.1) is 0 Å². The van der Waals surface area contributed by atoms with E-state index in [9.17, 15) is 8.42 Å². The van der Waals surface area contributed by atoms with Crippen LogP contribution < -0.4 is 11.1 Å². The first-order valence-corrected chi connectivity index (χ1v) is 9.30. The van der Waals surface area contributed by atoms with Gasteiger partial charge in [0.1, 0.15) is 0 Å². The van der Waals surface area contributed by atoms with Gasteiger partial charge in [0.25, 0.3) is 0 Å². The van der Waals surface area contributed by atoms with Crippen LogP contribution in [0.5, 0.6) is 0 Å². The van der Waals surface area contributed by atoms with Crippen LogP contribution in [0.25, 0.3) is 0 Å². The molecule has 0 spiro atoms. The largest absolute Gasteiger partial charge is 0.370 e. The quantitative estimate of drug-likeness (QED) is 0.420. The third-order valence-corrected chi connectivity index (χ3v) is 4.45. The summed E-state index contributed by atoms with van der Waals surface area (Å²) in [5.41, 5.74) is 7.68. The second-order valence-corrected chi connectivity index (χ2v) is 7.85. The fraction of sp³-hybridized carbons (Fsp3) is 0.533. The SMILES string of the molecule is CS(=O)(=O)Cc1ccc(CN=C(N)NC2CCCC2)cc1.I. The summed E-state index contributed by atoms with van der Waals surface area (Å²) >= 11 is 0. The minimum absolute atomic E-state index is 0. The summed E-state index contributed by atoms with van der Waals surface area (Å²) in [6.45, 7) is 0.505. The first-order valence-electron chi connectivity index (χ1n) is 7.24. The molecule has 7 heteroatoms. The molecule has 124 valence electrons. The van der Waals surface area contributed by atoms with Crippen molar-refractivity contribution >= 4 is 39.8 Å². The normalized spacial score (nSPS) is 16.3. The topological polar surface area (TPSA) is 84.5 Å². The van der Waals surface area contributed by atoms with E-state index in [1.54, 1.807) is 0 Å². The predicted octanol–water partition coefficient (Wildman–Crippen LogP) is 2.20. The van der Waals surface area contributed by atoms with Gasteiger partial charge in [0.05, 0.1) is 12.3 Å². The molecule has 0 radical (unpaired) electrons. The summed E-state index contributed by atoms with van der Waals surface area (Å²) in [5.74, 6) is 0.559. The van der Waals surface area contributed by atoms with Crippen molar-refractivity contribution in [3.63, 3.8) is 0 Å². The Morgan fingerprint density at radius 2 is 1.77 bits per heavy atom. The third kappa shape index (κ3) is 6.95. The number of nitrogens with two attached hydrogens (primary N) is 1. The van der Waals surface area contributed by atoms with Crippen molar-refractivity contribution in [2.24, 2.45) is 10.7 Å². The van der Waals surface area contributed by atoms with Gasteiger partial charge in [-0.3, -0.25) is 0 Å². The average Bonchev–Trinajstić information content (AvgIpc) is 2.89. The first-order chi connectivity index (χ1) is 9.92. The molecule has 1 aliphatic rings. The van der Waals surface area contributed by atoms with Gasteiger partial charge >= 0.3 is 0 Å². The monoisotopic (exact) mass is 437 g/mol. The van der Waals surface area contributed by atoms with Gasteiger partial charge in [-0.25, -0.2) is 13.4 Å². The Bertz CT molecular complexity index is 594. The van der Waals surface area contributed by atoms with Crippen LogP contribution in [0.2, 0.25) is 0 Å². The van der Waals surface area contributed by atoms with Crippen molar-refractivity contribution in [3.8, 4) is 0 Å². The lowest BCUT2D eigenvalue weighted by molar-refractivity contribution is 0.601. The van der Waals surface area contributed by atoms with Gasteiger partial charge in [-0.15, -0.1) is 24.0 Å². The van der Waals surface area contributed by atoms with Crippen LogP contribution in [0.4, 0.5) is 0 Å². The highest BCUT2D eigenvalue weighted by atomic mass is 127. The molecule has 3 N–H and O–H groups in total. The van der Waals surface area contributed by atoms with Crippen LogP contribution in [-0.2, 0) is 22.1 Å². The van der Waals surface area contributed by atoms with E-state index in [2.05, 4.69) is 10.3 Å². The lowest BCUT2D eigenvalue weighted by Gasteiger charge is -2.12. The molecule has 1 aromatic carbocycles. The van der Waals surface area contributed by atoms with Crippen molar-refractivity contribution in [2.45, 2.75) is 44.0 Å². The van der Waals surface area contributed by atoms with Crippen LogP contribution in [0.15, 0.2) is 29.3 Å². The maximum atomic E-state index is 11.2. The number of hydrogen-bond donors (Lipinski definition) is 2. The Hall–Kier alpha value is -0.830. The minimum Gasteiger partial charge on any atom is -0.370 e. The molecule has 0 unspecified atom stereocenters. The number of benzene rings is 1. The third-order valence-electron chi connectivity index (χ3n) is 3.59. The van der Waals surface area contributed by atoms with Crippen molar-refractivity contribution in [1.29, 1.82) is 0 Å². The second-order valence-electron chi connectivity index (χ2n) is 5.71. The fourth-order valence-electron chi connectivity index (χ4n) is 2.55. The van der Waals surface area contributed by atoms with Crippen molar-refractivity contribution in [2.75, 3.05) is 6.26 Å². The zero-order valence-electron chi connectivity index (χ0n) is 12.8. The molecule has 1 aliphatic carbocycles. The number of hydrogen-bond acceptors (Lipinski definition) is 3. The Morgan fingerprint density at radius 1 is 1.23 bits per heavy atom. The summed E-state index contributed by atoms with van der Waals surface area (Å²) < 4.78 is 22.4. The van der Waals surface area contributed by atoms with E-state index in [4.69, 9.17) is 5.73 Å². The van der Waals surface area contributed by atoms with E-state index in [-0.39, 0.29) is 29.7 Å². The summed E-state index contributed by atoms with van der Waals surface area (Å²) in [6.07, 6.45) is 6.08. The lowest BCUT2D eigenvalue weighted by atomic mass is 10.1. The van der Waals surface area contributed by atoms with Crippen LogP contribution in [0.1, 0.15) is 36.8 Å². The lowest BCUT2D eigenvalue weighted by Crippen LogP contribution is -2.38. The average molecular weight is 437 g/mol. The van der Waals surface area contributed by atoms with E-state index >= 15 is 0 Å². The van der Waals surface area contributed by atoms with Gasteiger partial charge in [0.15, 0.2) is 15.8 Å². The van der Waals surface area contributed by atoms with Crippen LogP contribution >= 0.6 is 24.0 Å². The number of nitrogens with one attached hydrogen (secondary N) is 1. The van der Waals surface area contributed by atoms with Gasteiger partial charge in [0.2, 0.25) is 0 Å². The van der Waals surface area contributed by atoms with E-state index in [0.29, 0.717) is 18.5 Å². The molecule has 0 aromatic heterocycles. The molecular weight excluding hydrogens is 413 g/mol. The molecule has 0 amide bonds. The number of guanidine groups is 1. The highest BCUT2D eigenvalue weighted by Gasteiger charge is 2.14. The highest BCUT2D eigenvalue weighted by Crippen LogP contribution is 2.17. The number of sulfone groups is 1. The molecule has 0 heterocycles. The zero-order valence-corrected chi connectivity index (χ0v) is 15.9. The molecule has 0 aliphatic heterocycles. The molecule has 1 saturated carbocycles. The van der Waals surface area contributed by atoms with Gasteiger partial charge in [-0.05, 0) is 24.0 Å². The molecule has 0 atom stereocenters. The minimum atomic E-state index is -2.99. The van der Waals surface area contributed by atoms with Crippen molar-refractivity contribution in [1.82, 2.24) is 5.32 Å². The van der Waals surface area contributed by atoms with Crippen LogP contribution in [-0.4, -0.2) is 26.7 Å². The number of aliphatic imine (C=N–C) groups is 1. The molecule has 5 nitrogen and oxygen atoms in total. The second kappa shape index (κ2) is 8.71. The fourth-order valence-corrected chi connectivity index (χ4v) is 3.34. The Morgan fingerprint density at radius 3 is 2.32 bits per heavy atom. The molecule has 0 bridgehead atoms. The van der Waals surface area contributed by atoms with Crippen molar-refractivity contribution < 1.29 is 8.42 Å². The standard InChI is InChI=1S/C15H23N3O2S.HI/c1-21(19,20)11-13-8-6-12(7-9-13)10-17-15(16)18-14-4-2-3-5-14;/h6-9,14H,2-5,10-11H2,1H3,(H3,16,17,18);1H. The highest BCUT2D eigenvalue weighted by molar-refractivity contribution is 14.0. The maximum Gasteiger partial charge on any atom is 0.189 e. The van der Waals surface area contributed by atoms with Gasteiger partial charge in [0, 0.05) is 12.3 Å². The molecular formula is C15H24IN3O2S. The summed E-state index contributed by atoms with van der Waals surface area (Å²) in [5, 5.41) is 3.24. The molecule has 1 fully saturated rings. The van der Waals surface area contributed by atoms with Gasteiger partial charge in [-0.2, -0.15) is 0 Å². The van der Waals surface area contributed by atoms with Crippen molar-refractivity contribution in [3.05, 3.63) is 35.4 Å². The number of nitrogens with zero attached hydrogens (tertiary/aromatic N) is 1. The molecule has 2 rings (SSSR count). The maximum absolute atomic E-state index is 11.2. The summed E-state index contributed by atoms with van der Waals surface area (Å²) in [6, 6.07) is 7.91. The van der Waals surface area contributed by atoms with E-state index in [0.717, 1.165) is 24.0 Å². The molecule has 22 heavy (non-hydrogen) atoms. The Balaban J connectivity index is 0.00000242. The predicted molar refractivity (Wildman–Crippen MR) is 101 cm³/mol. The van der Waals surface area contributed by atoms with Crippen LogP contribution in [0.3, 0.4) is 0 Å². The number of halogens is 1. The van der Waals surface area contributed by atoms with Gasteiger partial charge in [-0.1, -0.05) is 37.1 Å². The zero-order chi connectivity index (χ0) is 15.3. The van der Waals surface area contributed by atoms with Gasteiger partial charge < -0.3 is 11.1 Å².